The third-order valence-electron chi connectivity index (χ3n) is 6.05. The van der Waals surface area contributed by atoms with Crippen molar-refractivity contribution in [3.8, 4) is 11.3 Å². The summed E-state index contributed by atoms with van der Waals surface area (Å²) in [6.45, 7) is 5.97. The number of hydrogen-bond acceptors (Lipinski definition) is 5. The van der Waals surface area contributed by atoms with Gasteiger partial charge in [-0.15, -0.1) is 0 Å². The van der Waals surface area contributed by atoms with E-state index >= 15 is 0 Å². The first-order valence-corrected chi connectivity index (χ1v) is 13.0. The Morgan fingerprint density at radius 3 is 2.24 bits per heavy atom. The molecule has 2 heterocycles. The second kappa shape index (κ2) is 9.02. The summed E-state index contributed by atoms with van der Waals surface area (Å²) in [5, 5.41) is 5.19. The summed E-state index contributed by atoms with van der Waals surface area (Å²) in [5.41, 5.74) is 3.66. The standard InChI is InChI=1S/C26H28N4O3S/c1-17(2)30-25-23(16-27-30)22(15-24(28-25)20-9-7-6-8-10-20)26(31)29(4)18(3)19-11-13-21(14-12-19)34(5,32)33/h6-18H,1-5H3. The molecule has 0 aliphatic heterocycles. The molecule has 34 heavy (non-hydrogen) atoms. The van der Waals surface area contributed by atoms with Gasteiger partial charge in [-0.1, -0.05) is 42.5 Å². The number of nitrogens with zero attached hydrogens (tertiary/aromatic N) is 4. The van der Waals surface area contributed by atoms with Crippen LogP contribution in [0, 0.1) is 0 Å². The van der Waals surface area contributed by atoms with E-state index in [4.69, 9.17) is 4.98 Å². The monoisotopic (exact) mass is 476 g/mol. The number of amides is 1. The molecule has 0 aliphatic rings. The van der Waals surface area contributed by atoms with Gasteiger partial charge in [0.1, 0.15) is 0 Å². The molecular formula is C26H28N4O3S. The lowest BCUT2D eigenvalue weighted by molar-refractivity contribution is 0.0744. The van der Waals surface area contributed by atoms with Crippen molar-refractivity contribution in [1.82, 2.24) is 19.7 Å². The maximum atomic E-state index is 13.7. The molecule has 0 saturated carbocycles. The summed E-state index contributed by atoms with van der Waals surface area (Å²) in [5.74, 6) is -0.160. The second-order valence-corrected chi connectivity index (χ2v) is 10.8. The van der Waals surface area contributed by atoms with Crippen molar-refractivity contribution >= 4 is 26.8 Å². The number of benzene rings is 2. The van der Waals surface area contributed by atoms with Gasteiger partial charge in [-0.2, -0.15) is 5.10 Å². The van der Waals surface area contributed by atoms with Crippen LogP contribution in [-0.2, 0) is 9.84 Å². The first-order chi connectivity index (χ1) is 16.1. The number of fused-ring (bicyclic) bond motifs is 1. The summed E-state index contributed by atoms with van der Waals surface area (Å²) >= 11 is 0. The van der Waals surface area contributed by atoms with Crippen molar-refractivity contribution in [3.05, 3.63) is 78.0 Å². The van der Waals surface area contributed by atoms with E-state index in [1.54, 1.807) is 42.4 Å². The van der Waals surface area contributed by atoms with Crippen LogP contribution in [0.15, 0.2) is 71.8 Å². The molecule has 0 bridgehead atoms. The van der Waals surface area contributed by atoms with Crippen molar-refractivity contribution in [2.75, 3.05) is 13.3 Å². The average Bonchev–Trinajstić information content (AvgIpc) is 3.26. The lowest BCUT2D eigenvalue weighted by atomic mass is 10.0. The molecule has 8 heteroatoms. The van der Waals surface area contributed by atoms with Gasteiger partial charge in [0.05, 0.1) is 33.8 Å². The van der Waals surface area contributed by atoms with E-state index < -0.39 is 9.84 Å². The third kappa shape index (κ3) is 4.46. The molecule has 0 aliphatic carbocycles. The highest BCUT2D eigenvalue weighted by molar-refractivity contribution is 7.90. The maximum Gasteiger partial charge on any atom is 0.254 e. The molecule has 1 amide bonds. The zero-order valence-electron chi connectivity index (χ0n) is 19.9. The van der Waals surface area contributed by atoms with Crippen LogP contribution in [0.4, 0.5) is 0 Å². The maximum absolute atomic E-state index is 13.7. The SMILES string of the molecule is CC(c1ccc(S(C)(=O)=O)cc1)N(C)C(=O)c1cc(-c2ccccc2)nc2c1cnn2C(C)C. The van der Waals surface area contributed by atoms with Crippen molar-refractivity contribution < 1.29 is 13.2 Å². The molecule has 2 aromatic heterocycles. The summed E-state index contributed by atoms with van der Waals surface area (Å²) in [6.07, 6.45) is 2.88. The first kappa shape index (κ1) is 23.6. The number of sulfone groups is 1. The minimum absolute atomic E-state index is 0.0870. The largest absolute Gasteiger partial charge is 0.335 e. The van der Waals surface area contributed by atoms with Crippen LogP contribution in [0.1, 0.15) is 48.8 Å². The quantitative estimate of drug-likeness (QED) is 0.394. The fourth-order valence-electron chi connectivity index (χ4n) is 3.91. The lowest BCUT2D eigenvalue weighted by Gasteiger charge is -2.26. The van der Waals surface area contributed by atoms with Crippen molar-refractivity contribution in [1.29, 1.82) is 0 Å². The molecule has 1 atom stereocenters. The molecule has 4 rings (SSSR count). The number of rotatable bonds is 6. The molecular weight excluding hydrogens is 448 g/mol. The van der Waals surface area contributed by atoms with Gasteiger partial charge in [-0.25, -0.2) is 18.1 Å². The van der Waals surface area contributed by atoms with E-state index in [0.29, 0.717) is 22.3 Å². The van der Waals surface area contributed by atoms with Crippen molar-refractivity contribution in [3.63, 3.8) is 0 Å². The Kier molecular flexibility index (Phi) is 6.27. The first-order valence-electron chi connectivity index (χ1n) is 11.1. The molecule has 176 valence electrons. The van der Waals surface area contributed by atoms with Gasteiger partial charge in [0, 0.05) is 24.9 Å². The Morgan fingerprint density at radius 1 is 1.00 bits per heavy atom. The van der Waals surface area contributed by atoms with E-state index in [1.807, 2.05) is 61.9 Å². The van der Waals surface area contributed by atoms with Crippen LogP contribution in [0.2, 0.25) is 0 Å². The van der Waals surface area contributed by atoms with Crippen LogP contribution in [0.5, 0.6) is 0 Å². The highest BCUT2D eigenvalue weighted by Gasteiger charge is 2.24. The van der Waals surface area contributed by atoms with Gasteiger partial charge >= 0.3 is 0 Å². The zero-order valence-corrected chi connectivity index (χ0v) is 20.7. The number of pyridine rings is 1. The Balaban J connectivity index is 1.76. The van der Waals surface area contributed by atoms with Crippen LogP contribution in [0.3, 0.4) is 0 Å². The highest BCUT2D eigenvalue weighted by atomic mass is 32.2. The van der Waals surface area contributed by atoms with Gasteiger partial charge in [0.15, 0.2) is 15.5 Å². The molecule has 4 aromatic rings. The molecule has 0 N–H and O–H groups in total. The van der Waals surface area contributed by atoms with E-state index in [1.165, 1.54) is 6.26 Å². The summed E-state index contributed by atoms with van der Waals surface area (Å²) < 4.78 is 25.4. The topological polar surface area (TPSA) is 85.2 Å². The highest BCUT2D eigenvalue weighted by Crippen LogP contribution is 2.29. The minimum Gasteiger partial charge on any atom is -0.335 e. The minimum atomic E-state index is -3.28. The molecule has 0 radical (unpaired) electrons. The van der Waals surface area contributed by atoms with E-state index in [-0.39, 0.29) is 22.9 Å². The van der Waals surface area contributed by atoms with Crippen LogP contribution >= 0.6 is 0 Å². The molecule has 0 spiro atoms. The Morgan fingerprint density at radius 2 is 1.65 bits per heavy atom. The zero-order chi connectivity index (χ0) is 24.6. The fourth-order valence-corrected chi connectivity index (χ4v) is 4.54. The van der Waals surface area contributed by atoms with Crippen molar-refractivity contribution in [2.45, 2.75) is 37.8 Å². The lowest BCUT2D eigenvalue weighted by Crippen LogP contribution is -2.30. The van der Waals surface area contributed by atoms with Crippen LogP contribution in [0.25, 0.3) is 22.3 Å². The molecule has 7 nitrogen and oxygen atoms in total. The van der Waals surface area contributed by atoms with Crippen LogP contribution in [-0.4, -0.2) is 47.3 Å². The predicted octanol–water partition coefficient (Wildman–Crippen LogP) is 4.92. The fraction of sp³-hybridized carbons (Fsp3) is 0.269. The van der Waals surface area contributed by atoms with Gasteiger partial charge < -0.3 is 4.90 Å². The summed E-state index contributed by atoms with van der Waals surface area (Å²) in [7, 11) is -1.53. The van der Waals surface area contributed by atoms with Gasteiger partial charge in [-0.05, 0) is 44.5 Å². The van der Waals surface area contributed by atoms with Crippen molar-refractivity contribution in [2.24, 2.45) is 0 Å². The van der Waals surface area contributed by atoms with Gasteiger partial charge in [-0.3, -0.25) is 4.79 Å². The number of hydrogen-bond donors (Lipinski definition) is 0. The number of carbonyl (C=O) groups is 1. The molecule has 1 unspecified atom stereocenters. The number of carbonyl (C=O) groups excluding carboxylic acids is 1. The Labute approximate surface area is 200 Å². The normalized spacial score (nSPS) is 12.8. The van der Waals surface area contributed by atoms with Gasteiger partial charge in [0.25, 0.3) is 5.91 Å². The molecule has 0 saturated heterocycles. The smallest absolute Gasteiger partial charge is 0.254 e. The number of aromatic nitrogens is 3. The molecule has 0 fully saturated rings. The Hall–Kier alpha value is -3.52. The van der Waals surface area contributed by atoms with Gasteiger partial charge in [0.2, 0.25) is 0 Å². The van der Waals surface area contributed by atoms with Crippen LogP contribution < -0.4 is 0 Å². The average molecular weight is 477 g/mol. The third-order valence-corrected chi connectivity index (χ3v) is 7.18. The van der Waals surface area contributed by atoms with E-state index in [2.05, 4.69) is 5.10 Å². The van der Waals surface area contributed by atoms with E-state index in [9.17, 15) is 13.2 Å². The Bertz CT molecular complexity index is 1440. The van der Waals surface area contributed by atoms with E-state index in [0.717, 1.165) is 11.1 Å². The summed E-state index contributed by atoms with van der Waals surface area (Å²) in [6, 6.07) is 18.0. The predicted molar refractivity (Wildman–Crippen MR) is 133 cm³/mol. The summed E-state index contributed by atoms with van der Waals surface area (Å²) in [4.78, 5) is 20.5. The molecule has 2 aromatic carbocycles. The second-order valence-electron chi connectivity index (χ2n) is 8.77.